The number of hydrogen-bond donors (Lipinski definition) is 3. The molecule has 0 amide bonds. The number of nitrogens with one attached hydrogen (secondary N) is 2. The Morgan fingerprint density at radius 2 is 2.15 bits per heavy atom. The van der Waals surface area contributed by atoms with Gasteiger partial charge in [0.15, 0.2) is 0 Å². The molecule has 0 aliphatic heterocycles. The zero-order chi connectivity index (χ0) is 9.68. The quantitative estimate of drug-likeness (QED) is 0.616. The molecule has 72 valence electrons. The van der Waals surface area contributed by atoms with Crippen molar-refractivity contribution < 1.29 is 5.11 Å². The first kappa shape index (κ1) is 9.86. The zero-order valence-electron chi connectivity index (χ0n) is 8.09. The molecule has 13 heavy (non-hydrogen) atoms. The fourth-order valence-electron chi connectivity index (χ4n) is 1.14. The van der Waals surface area contributed by atoms with E-state index >= 15 is 0 Å². The summed E-state index contributed by atoms with van der Waals surface area (Å²) in [7, 11) is 1.86. The van der Waals surface area contributed by atoms with Gasteiger partial charge in [0.2, 0.25) is 0 Å². The van der Waals surface area contributed by atoms with Crippen molar-refractivity contribution in [2.45, 2.75) is 13.5 Å². The fourth-order valence-corrected chi connectivity index (χ4v) is 1.14. The maximum Gasteiger partial charge on any atom is 0.120 e. The minimum absolute atomic E-state index is 0.347. The van der Waals surface area contributed by atoms with E-state index in [-0.39, 0.29) is 0 Å². The summed E-state index contributed by atoms with van der Waals surface area (Å²) >= 11 is 0. The minimum atomic E-state index is 0.347. The van der Waals surface area contributed by atoms with E-state index in [0.29, 0.717) is 12.3 Å². The van der Waals surface area contributed by atoms with E-state index in [1.807, 2.05) is 26.1 Å². The normalized spacial score (nSPS) is 10.0. The van der Waals surface area contributed by atoms with Gasteiger partial charge in [0.05, 0.1) is 0 Å². The first-order valence-corrected chi connectivity index (χ1v) is 4.48. The van der Waals surface area contributed by atoms with Crippen molar-refractivity contribution in [3.63, 3.8) is 0 Å². The summed E-state index contributed by atoms with van der Waals surface area (Å²) in [5.74, 6) is 0.347. The average molecular weight is 180 g/mol. The Morgan fingerprint density at radius 1 is 1.38 bits per heavy atom. The molecule has 0 aromatic heterocycles. The molecule has 0 unspecified atom stereocenters. The first-order valence-electron chi connectivity index (χ1n) is 4.48. The first-order chi connectivity index (χ1) is 6.27. The number of anilines is 1. The third kappa shape index (κ3) is 2.63. The van der Waals surface area contributed by atoms with Crippen molar-refractivity contribution in [1.29, 1.82) is 0 Å². The van der Waals surface area contributed by atoms with E-state index in [2.05, 4.69) is 10.6 Å². The second kappa shape index (κ2) is 4.72. The van der Waals surface area contributed by atoms with Crippen LogP contribution in [0.15, 0.2) is 18.2 Å². The summed E-state index contributed by atoms with van der Waals surface area (Å²) in [6.45, 7) is 3.65. The summed E-state index contributed by atoms with van der Waals surface area (Å²) in [5.41, 5.74) is 1.94. The maximum atomic E-state index is 9.49. The molecule has 0 atom stereocenters. The van der Waals surface area contributed by atoms with Crippen molar-refractivity contribution in [2.75, 3.05) is 18.9 Å². The van der Waals surface area contributed by atoms with Crippen LogP contribution in [-0.2, 0) is 6.54 Å². The van der Waals surface area contributed by atoms with Crippen molar-refractivity contribution in [1.82, 2.24) is 5.32 Å². The van der Waals surface area contributed by atoms with Gasteiger partial charge in [0.25, 0.3) is 0 Å². The molecule has 1 aromatic rings. The second-order valence-electron chi connectivity index (χ2n) is 2.87. The van der Waals surface area contributed by atoms with Gasteiger partial charge in [-0.25, -0.2) is 0 Å². The highest BCUT2D eigenvalue weighted by atomic mass is 16.3. The van der Waals surface area contributed by atoms with Crippen LogP contribution in [0.5, 0.6) is 5.75 Å². The Kier molecular flexibility index (Phi) is 3.58. The SMILES string of the molecule is CCNCc1cc(NC)ccc1O. The highest BCUT2D eigenvalue weighted by Gasteiger charge is 2.00. The lowest BCUT2D eigenvalue weighted by Gasteiger charge is -2.07. The van der Waals surface area contributed by atoms with E-state index in [1.165, 1.54) is 0 Å². The van der Waals surface area contributed by atoms with Crippen LogP contribution in [0, 0.1) is 0 Å². The second-order valence-corrected chi connectivity index (χ2v) is 2.87. The molecule has 0 heterocycles. The van der Waals surface area contributed by atoms with Crippen LogP contribution in [0.3, 0.4) is 0 Å². The van der Waals surface area contributed by atoms with Crippen molar-refractivity contribution >= 4 is 5.69 Å². The molecule has 0 bridgehead atoms. The highest BCUT2D eigenvalue weighted by molar-refractivity contribution is 5.50. The molecule has 0 spiro atoms. The van der Waals surface area contributed by atoms with Gasteiger partial charge in [-0.1, -0.05) is 6.92 Å². The van der Waals surface area contributed by atoms with Gasteiger partial charge >= 0.3 is 0 Å². The van der Waals surface area contributed by atoms with Gasteiger partial charge in [-0.15, -0.1) is 0 Å². The number of phenols is 1. The molecule has 1 aromatic carbocycles. The van der Waals surface area contributed by atoms with Gasteiger partial charge in [0.1, 0.15) is 5.75 Å². The molecule has 0 saturated heterocycles. The standard InChI is InChI=1S/C10H16N2O/c1-3-12-7-8-6-9(11-2)4-5-10(8)13/h4-6,11-13H,3,7H2,1-2H3. The van der Waals surface area contributed by atoms with Crippen LogP contribution < -0.4 is 10.6 Å². The Hall–Kier alpha value is -1.22. The molecule has 3 heteroatoms. The van der Waals surface area contributed by atoms with E-state index < -0.39 is 0 Å². The number of hydrogen-bond acceptors (Lipinski definition) is 3. The molecule has 3 N–H and O–H groups in total. The van der Waals surface area contributed by atoms with Crippen LogP contribution in [0.4, 0.5) is 5.69 Å². The van der Waals surface area contributed by atoms with Crippen LogP contribution in [0.1, 0.15) is 12.5 Å². The molecule has 0 aliphatic rings. The molecule has 1 rings (SSSR count). The third-order valence-corrected chi connectivity index (χ3v) is 1.93. The van der Waals surface area contributed by atoms with Crippen LogP contribution in [0.25, 0.3) is 0 Å². The van der Waals surface area contributed by atoms with Crippen LogP contribution in [0.2, 0.25) is 0 Å². The van der Waals surface area contributed by atoms with Gasteiger partial charge in [-0.05, 0) is 24.7 Å². The Labute approximate surface area is 78.8 Å². The number of rotatable bonds is 4. The smallest absolute Gasteiger partial charge is 0.120 e. The topological polar surface area (TPSA) is 44.3 Å². The number of aromatic hydroxyl groups is 1. The average Bonchev–Trinajstić information content (AvgIpc) is 2.17. The maximum absolute atomic E-state index is 9.49. The summed E-state index contributed by atoms with van der Waals surface area (Å²) < 4.78 is 0. The number of phenolic OH excluding ortho intramolecular Hbond substituents is 1. The Balaban J connectivity index is 2.78. The summed E-state index contributed by atoms with van der Waals surface area (Å²) in [6, 6.07) is 5.50. The lowest BCUT2D eigenvalue weighted by molar-refractivity contribution is 0.465. The molecule has 0 aliphatic carbocycles. The van der Waals surface area contributed by atoms with E-state index in [0.717, 1.165) is 17.8 Å². The van der Waals surface area contributed by atoms with Crippen LogP contribution in [-0.4, -0.2) is 18.7 Å². The van der Waals surface area contributed by atoms with Crippen molar-refractivity contribution in [2.24, 2.45) is 0 Å². The lowest BCUT2D eigenvalue weighted by Crippen LogP contribution is -2.11. The van der Waals surface area contributed by atoms with Crippen molar-refractivity contribution in [3.8, 4) is 5.75 Å². The van der Waals surface area contributed by atoms with Gasteiger partial charge in [-0.3, -0.25) is 0 Å². The zero-order valence-corrected chi connectivity index (χ0v) is 8.09. The predicted molar refractivity (Wildman–Crippen MR) is 55.0 cm³/mol. The summed E-state index contributed by atoms with van der Waals surface area (Å²) in [4.78, 5) is 0. The fraction of sp³-hybridized carbons (Fsp3) is 0.400. The van der Waals surface area contributed by atoms with Gasteiger partial charge in [0, 0.05) is 24.8 Å². The molecular formula is C10H16N2O. The Morgan fingerprint density at radius 3 is 2.77 bits per heavy atom. The highest BCUT2D eigenvalue weighted by Crippen LogP contribution is 2.20. The van der Waals surface area contributed by atoms with E-state index in [9.17, 15) is 5.11 Å². The van der Waals surface area contributed by atoms with E-state index in [4.69, 9.17) is 0 Å². The summed E-state index contributed by atoms with van der Waals surface area (Å²) in [6.07, 6.45) is 0. The monoisotopic (exact) mass is 180 g/mol. The molecule has 0 fully saturated rings. The summed E-state index contributed by atoms with van der Waals surface area (Å²) in [5, 5.41) is 15.7. The van der Waals surface area contributed by atoms with Crippen molar-refractivity contribution in [3.05, 3.63) is 23.8 Å². The molecular weight excluding hydrogens is 164 g/mol. The van der Waals surface area contributed by atoms with Gasteiger partial charge in [-0.2, -0.15) is 0 Å². The largest absolute Gasteiger partial charge is 0.508 e. The third-order valence-electron chi connectivity index (χ3n) is 1.93. The molecule has 3 nitrogen and oxygen atoms in total. The number of benzene rings is 1. The van der Waals surface area contributed by atoms with Gasteiger partial charge < -0.3 is 15.7 Å². The molecule has 0 radical (unpaired) electrons. The predicted octanol–water partition coefficient (Wildman–Crippen LogP) is 1.54. The Bertz CT molecular complexity index is 274. The molecule has 0 saturated carbocycles. The van der Waals surface area contributed by atoms with E-state index in [1.54, 1.807) is 6.07 Å². The van der Waals surface area contributed by atoms with Crippen LogP contribution >= 0.6 is 0 Å². The minimum Gasteiger partial charge on any atom is -0.508 e. The lowest BCUT2D eigenvalue weighted by atomic mass is 10.1.